The van der Waals surface area contributed by atoms with Gasteiger partial charge in [0, 0.05) is 25.3 Å². The first-order valence-electron chi connectivity index (χ1n) is 10.2. The Balaban J connectivity index is 1.60. The predicted molar refractivity (Wildman–Crippen MR) is 120 cm³/mol. The van der Waals surface area contributed by atoms with Crippen molar-refractivity contribution in [3.63, 3.8) is 0 Å². The second-order valence-electron chi connectivity index (χ2n) is 7.55. The summed E-state index contributed by atoms with van der Waals surface area (Å²) in [6, 6.07) is 14.4. The summed E-state index contributed by atoms with van der Waals surface area (Å²) in [6.07, 6.45) is -0.298. The number of sulfonamides is 1. The van der Waals surface area contributed by atoms with Gasteiger partial charge < -0.3 is 20.1 Å². The van der Waals surface area contributed by atoms with Crippen LogP contribution in [0, 0.1) is 0 Å². The number of nitrogens with zero attached hydrogens (tertiary/aromatic N) is 1. The number of rotatable bonds is 8. The molecule has 8 nitrogen and oxygen atoms in total. The average molecular weight is 448 g/mol. The Kier molecular flexibility index (Phi) is 7.53. The van der Waals surface area contributed by atoms with Crippen molar-refractivity contribution in [3.05, 3.63) is 54.1 Å². The fourth-order valence-corrected chi connectivity index (χ4v) is 4.99. The van der Waals surface area contributed by atoms with Crippen LogP contribution in [0.5, 0.6) is 5.75 Å². The third-order valence-electron chi connectivity index (χ3n) is 4.97. The normalized spacial score (nSPS) is 19.6. The van der Waals surface area contributed by atoms with E-state index in [-0.39, 0.29) is 30.4 Å². The molecule has 31 heavy (non-hydrogen) atoms. The molecule has 2 atom stereocenters. The zero-order valence-electron chi connectivity index (χ0n) is 18.0. The molecule has 0 spiro atoms. The Hall–Kier alpha value is -2.62. The first kappa shape index (κ1) is 23.1. The summed E-state index contributed by atoms with van der Waals surface area (Å²) >= 11 is 0. The van der Waals surface area contributed by atoms with Gasteiger partial charge in [-0.25, -0.2) is 8.42 Å². The Labute approximate surface area is 183 Å². The molecule has 3 rings (SSSR count). The van der Waals surface area contributed by atoms with Crippen molar-refractivity contribution in [2.24, 2.45) is 0 Å². The number of methoxy groups -OCH3 is 1. The molecule has 1 aliphatic rings. The first-order valence-corrected chi connectivity index (χ1v) is 11.8. The van der Waals surface area contributed by atoms with E-state index in [0.29, 0.717) is 24.3 Å². The average Bonchev–Trinajstić information content (AvgIpc) is 2.74. The van der Waals surface area contributed by atoms with Crippen molar-refractivity contribution in [1.82, 2.24) is 9.62 Å². The van der Waals surface area contributed by atoms with Crippen LogP contribution in [0.4, 0.5) is 11.4 Å². The number of morpholine rings is 1. The van der Waals surface area contributed by atoms with Crippen molar-refractivity contribution in [2.75, 3.05) is 37.8 Å². The molecule has 0 bridgehead atoms. The molecule has 0 radical (unpaired) electrons. The molecule has 9 heteroatoms. The van der Waals surface area contributed by atoms with Gasteiger partial charge in [-0.2, -0.15) is 4.31 Å². The van der Waals surface area contributed by atoms with Gasteiger partial charge in [-0.1, -0.05) is 12.1 Å². The van der Waals surface area contributed by atoms with Crippen molar-refractivity contribution >= 4 is 27.3 Å². The lowest BCUT2D eigenvalue weighted by Crippen LogP contribution is -2.49. The largest absolute Gasteiger partial charge is 0.497 e. The van der Waals surface area contributed by atoms with E-state index < -0.39 is 10.0 Å². The Morgan fingerprint density at radius 1 is 1.10 bits per heavy atom. The van der Waals surface area contributed by atoms with E-state index in [1.807, 2.05) is 44.2 Å². The number of hydrogen-bond donors (Lipinski definition) is 2. The molecule has 1 fully saturated rings. The van der Waals surface area contributed by atoms with E-state index in [1.165, 1.54) is 4.31 Å². The highest BCUT2D eigenvalue weighted by Gasteiger charge is 2.30. The number of benzene rings is 2. The minimum absolute atomic E-state index is 0.0259. The zero-order chi connectivity index (χ0) is 22.4. The molecule has 2 N–H and O–H groups in total. The number of amides is 1. The van der Waals surface area contributed by atoms with Gasteiger partial charge in [-0.3, -0.25) is 4.79 Å². The van der Waals surface area contributed by atoms with Gasteiger partial charge in [0.05, 0.1) is 36.3 Å². The predicted octanol–water partition coefficient (Wildman–Crippen LogP) is 2.61. The van der Waals surface area contributed by atoms with Crippen molar-refractivity contribution in [3.8, 4) is 5.75 Å². The van der Waals surface area contributed by atoms with Gasteiger partial charge in [0.2, 0.25) is 10.0 Å². The number of nitrogens with one attached hydrogen (secondary N) is 2. The monoisotopic (exact) mass is 447 g/mol. The summed E-state index contributed by atoms with van der Waals surface area (Å²) in [6.45, 7) is 4.39. The van der Waals surface area contributed by atoms with Crippen LogP contribution in [0.2, 0.25) is 0 Å². The Bertz CT molecular complexity index is 984. The summed E-state index contributed by atoms with van der Waals surface area (Å²) in [4.78, 5) is 12.7. The van der Waals surface area contributed by atoms with Crippen LogP contribution in [-0.4, -0.2) is 63.3 Å². The van der Waals surface area contributed by atoms with Gasteiger partial charge in [0.1, 0.15) is 5.75 Å². The molecule has 1 saturated heterocycles. The number of carbonyl (C=O) groups excluding carboxylic acids is 1. The molecule has 0 aromatic heterocycles. The molecular formula is C22H29N3O5S. The third-order valence-corrected chi connectivity index (χ3v) is 6.77. The number of anilines is 2. The van der Waals surface area contributed by atoms with Crippen LogP contribution in [0.1, 0.15) is 24.2 Å². The molecule has 2 aromatic rings. The molecule has 1 aliphatic heterocycles. The van der Waals surface area contributed by atoms with Crippen molar-refractivity contribution in [1.29, 1.82) is 0 Å². The molecule has 168 valence electrons. The van der Waals surface area contributed by atoms with Crippen molar-refractivity contribution < 1.29 is 22.7 Å². The molecule has 0 saturated carbocycles. The van der Waals surface area contributed by atoms with E-state index in [4.69, 9.17) is 9.47 Å². The van der Waals surface area contributed by atoms with E-state index in [2.05, 4.69) is 10.6 Å². The second kappa shape index (κ2) is 10.1. The zero-order valence-corrected chi connectivity index (χ0v) is 18.8. The maximum atomic E-state index is 12.7. The smallest absolute Gasteiger partial charge is 0.253 e. The van der Waals surface area contributed by atoms with Crippen molar-refractivity contribution in [2.45, 2.75) is 26.1 Å². The molecular weight excluding hydrogens is 418 g/mol. The van der Waals surface area contributed by atoms with Gasteiger partial charge >= 0.3 is 0 Å². The minimum atomic E-state index is -3.48. The maximum absolute atomic E-state index is 12.7. The highest BCUT2D eigenvalue weighted by Crippen LogP contribution is 2.23. The second-order valence-corrected chi connectivity index (χ2v) is 9.63. The summed E-state index contributed by atoms with van der Waals surface area (Å²) < 4.78 is 37.5. The molecule has 2 aromatic carbocycles. The van der Waals surface area contributed by atoms with Gasteiger partial charge in [0.25, 0.3) is 5.91 Å². The lowest BCUT2D eigenvalue weighted by atomic mass is 10.1. The van der Waals surface area contributed by atoms with Gasteiger partial charge in [-0.05, 0) is 50.2 Å². The SMILES string of the molecule is COc1ccc(Nc2ccccc2C(=O)NCCS(=O)(=O)N2CC(C)OC(C)C2)cc1. The molecule has 1 heterocycles. The number of ether oxygens (including phenoxy) is 2. The first-order chi connectivity index (χ1) is 14.8. The summed E-state index contributed by atoms with van der Waals surface area (Å²) in [5.41, 5.74) is 1.87. The van der Waals surface area contributed by atoms with Gasteiger partial charge in [-0.15, -0.1) is 0 Å². The molecule has 1 amide bonds. The number of hydrogen-bond acceptors (Lipinski definition) is 6. The van der Waals surface area contributed by atoms with Crippen LogP contribution < -0.4 is 15.4 Å². The fourth-order valence-electron chi connectivity index (χ4n) is 3.50. The topological polar surface area (TPSA) is 97.0 Å². The highest BCUT2D eigenvalue weighted by atomic mass is 32.2. The lowest BCUT2D eigenvalue weighted by molar-refractivity contribution is -0.0440. The summed E-state index contributed by atoms with van der Waals surface area (Å²) in [7, 11) is -1.88. The Morgan fingerprint density at radius 3 is 2.39 bits per heavy atom. The fraction of sp³-hybridized carbons (Fsp3) is 0.409. The molecule has 0 aliphatic carbocycles. The van der Waals surface area contributed by atoms with Crippen LogP contribution in [-0.2, 0) is 14.8 Å². The van der Waals surface area contributed by atoms with Crippen LogP contribution >= 0.6 is 0 Å². The maximum Gasteiger partial charge on any atom is 0.253 e. The summed E-state index contributed by atoms with van der Waals surface area (Å²) in [5.74, 6) is 0.240. The third kappa shape index (κ3) is 6.19. The minimum Gasteiger partial charge on any atom is -0.497 e. The number of carbonyl (C=O) groups is 1. The number of para-hydroxylation sites is 1. The quantitative estimate of drug-likeness (QED) is 0.646. The Morgan fingerprint density at radius 2 is 1.74 bits per heavy atom. The lowest BCUT2D eigenvalue weighted by Gasteiger charge is -2.34. The van der Waals surface area contributed by atoms with E-state index in [9.17, 15) is 13.2 Å². The highest BCUT2D eigenvalue weighted by molar-refractivity contribution is 7.89. The van der Waals surface area contributed by atoms with Gasteiger partial charge in [0.15, 0.2) is 0 Å². The van der Waals surface area contributed by atoms with E-state index in [1.54, 1.807) is 25.3 Å². The van der Waals surface area contributed by atoms with Crippen LogP contribution in [0.15, 0.2) is 48.5 Å². The summed E-state index contributed by atoms with van der Waals surface area (Å²) in [5, 5.41) is 5.94. The van der Waals surface area contributed by atoms with Crippen LogP contribution in [0.25, 0.3) is 0 Å². The molecule has 2 unspecified atom stereocenters. The standard InChI is InChI=1S/C22H29N3O5S/c1-16-14-25(15-17(2)30-16)31(27,28)13-12-23-22(26)20-6-4-5-7-21(20)24-18-8-10-19(29-3)11-9-18/h4-11,16-17,24H,12-15H2,1-3H3,(H,23,26). The van der Waals surface area contributed by atoms with Crippen LogP contribution in [0.3, 0.4) is 0 Å². The van der Waals surface area contributed by atoms with E-state index in [0.717, 1.165) is 11.4 Å². The van der Waals surface area contributed by atoms with E-state index >= 15 is 0 Å².